The van der Waals surface area contributed by atoms with Gasteiger partial charge in [0.1, 0.15) is 0 Å². The Morgan fingerprint density at radius 1 is 0.269 bits per heavy atom. The van der Waals surface area contributed by atoms with Crippen LogP contribution in [0.15, 0.2) is 353 Å². The lowest BCUT2D eigenvalue weighted by molar-refractivity contribution is 1.21. The van der Waals surface area contributed by atoms with E-state index >= 15 is 0 Å². The lowest BCUT2D eigenvalue weighted by atomic mass is 9.31. The van der Waals surface area contributed by atoms with Gasteiger partial charge in [0.25, 0.3) is 0 Å². The molecule has 93 heavy (non-hydrogen) atoms. The molecule has 0 saturated heterocycles. The molecule has 0 bridgehead atoms. The van der Waals surface area contributed by atoms with E-state index in [1.807, 2.05) is 23.5 Å². The largest absolute Gasteiger partial charge is 0.311 e. The van der Waals surface area contributed by atoms with Crippen LogP contribution in [-0.4, -0.2) is 13.4 Å². The van der Waals surface area contributed by atoms with Crippen LogP contribution in [-0.2, 0) is 0 Å². The van der Waals surface area contributed by atoms with Crippen LogP contribution in [0.2, 0.25) is 0 Å². The van der Waals surface area contributed by atoms with Crippen LogP contribution < -0.4 is 52.4 Å². The van der Waals surface area contributed by atoms with Crippen LogP contribution in [0, 0.1) is 6.92 Å². The number of fused-ring (bicyclic) bond motifs is 8. The summed E-state index contributed by atoms with van der Waals surface area (Å²) in [4.78, 5) is 15.1. The van der Waals surface area contributed by atoms with Crippen molar-refractivity contribution in [2.75, 3.05) is 19.6 Å². The van der Waals surface area contributed by atoms with Gasteiger partial charge in [-0.05, 0) is 165 Å². The standard InChI is InChI=1S/C85H58B2N4S2/c1-57-26-24-41-70(61-31-12-4-13-32-61)85(57)91-76-56-80-74(55-73(76)87-72-43-21-23-45-79(72)92-81-53-68(52-78(91)84(81)87)88(63-34-14-5-15-35-63)64-36-16-6-17-37-64)86-71-42-20-22-44-75(71)90(65-38-18-7-19-39-65)77-51-69(54-82(93-80)83(77)86)89(66-48-46-60(47-49-66)58-27-8-2-9-28-58)67-40-25-33-62(50-67)59-29-10-3-11-30-59/h2-56H,1H3. The average Bonchev–Trinajstić information content (AvgIpc) is 0.696. The summed E-state index contributed by atoms with van der Waals surface area (Å²) >= 11 is 3.83. The van der Waals surface area contributed by atoms with E-state index in [2.05, 4.69) is 360 Å². The van der Waals surface area contributed by atoms with Gasteiger partial charge in [-0.25, -0.2) is 0 Å². The normalized spacial score (nSPS) is 12.8. The number of rotatable bonds is 11. The summed E-state index contributed by atoms with van der Waals surface area (Å²) in [7, 11) is 0. The van der Waals surface area contributed by atoms with Crippen LogP contribution in [0.4, 0.5) is 68.2 Å². The van der Waals surface area contributed by atoms with Gasteiger partial charge in [-0.15, -0.1) is 0 Å². The summed E-state index contributed by atoms with van der Waals surface area (Å²) in [6, 6.07) is 124. The van der Waals surface area contributed by atoms with Crippen molar-refractivity contribution in [1.82, 2.24) is 0 Å². The molecule has 0 saturated carbocycles. The van der Waals surface area contributed by atoms with Crippen LogP contribution >= 0.6 is 23.5 Å². The van der Waals surface area contributed by atoms with Gasteiger partial charge in [-0.3, -0.25) is 0 Å². The Morgan fingerprint density at radius 3 is 1.40 bits per heavy atom. The lowest BCUT2D eigenvalue weighted by Gasteiger charge is -2.44. The average molecular weight is 1220 g/mol. The first-order valence-electron chi connectivity index (χ1n) is 32.0. The van der Waals surface area contributed by atoms with Crippen molar-refractivity contribution in [1.29, 1.82) is 0 Å². The van der Waals surface area contributed by atoms with Gasteiger partial charge in [-0.2, -0.15) is 0 Å². The molecule has 0 spiro atoms. The maximum absolute atomic E-state index is 2.67. The fourth-order valence-electron chi connectivity index (χ4n) is 15.0. The predicted octanol–water partition coefficient (Wildman–Crippen LogP) is 19.5. The summed E-state index contributed by atoms with van der Waals surface area (Å²) in [6.45, 7) is 2.15. The van der Waals surface area contributed by atoms with Gasteiger partial charge in [0, 0.05) is 87.7 Å². The minimum atomic E-state index is -0.0877. The Kier molecular flexibility index (Phi) is 13.5. The molecule has 0 radical (unpaired) electrons. The summed E-state index contributed by atoms with van der Waals surface area (Å²) in [5.41, 5.74) is 29.7. The summed E-state index contributed by atoms with van der Waals surface area (Å²) in [5.74, 6) is 0. The number of hydrogen-bond donors (Lipinski definition) is 0. The van der Waals surface area contributed by atoms with Crippen molar-refractivity contribution in [3.05, 3.63) is 339 Å². The molecule has 14 aromatic carbocycles. The third kappa shape index (κ3) is 9.34. The molecule has 14 aromatic rings. The minimum Gasteiger partial charge on any atom is -0.311 e. The van der Waals surface area contributed by atoms with Crippen LogP contribution in [0.5, 0.6) is 0 Å². The number of para-hydroxylation sites is 5. The van der Waals surface area contributed by atoms with Crippen molar-refractivity contribution in [3.8, 4) is 33.4 Å². The van der Waals surface area contributed by atoms with Crippen molar-refractivity contribution in [2.45, 2.75) is 26.5 Å². The smallest absolute Gasteiger partial charge is 0.249 e. The molecule has 4 aliphatic rings. The van der Waals surface area contributed by atoms with E-state index in [1.165, 1.54) is 114 Å². The monoisotopic (exact) mass is 1220 g/mol. The zero-order valence-electron chi connectivity index (χ0n) is 51.0. The van der Waals surface area contributed by atoms with E-state index in [0.717, 1.165) is 45.4 Å². The van der Waals surface area contributed by atoms with E-state index in [1.54, 1.807) is 0 Å². The van der Waals surface area contributed by atoms with Crippen LogP contribution in [0.1, 0.15) is 5.56 Å². The van der Waals surface area contributed by atoms with E-state index in [0.29, 0.717) is 0 Å². The van der Waals surface area contributed by atoms with Gasteiger partial charge < -0.3 is 19.6 Å². The summed E-state index contributed by atoms with van der Waals surface area (Å²) in [5, 5.41) is 0. The molecule has 0 fully saturated rings. The first kappa shape index (κ1) is 55.0. The van der Waals surface area contributed by atoms with E-state index < -0.39 is 0 Å². The van der Waals surface area contributed by atoms with Gasteiger partial charge in [0.2, 0.25) is 13.4 Å². The van der Waals surface area contributed by atoms with E-state index in [-0.39, 0.29) is 13.4 Å². The third-order valence-corrected chi connectivity index (χ3v) is 21.3. The highest BCUT2D eigenvalue weighted by molar-refractivity contribution is 8.00. The zero-order valence-corrected chi connectivity index (χ0v) is 52.6. The van der Waals surface area contributed by atoms with Gasteiger partial charge in [0.15, 0.2) is 0 Å². The Bertz CT molecular complexity index is 5150. The van der Waals surface area contributed by atoms with Gasteiger partial charge in [-0.1, -0.05) is 265 Å². The number of anilines is 12. The molecule has 436 valence electrons. The maximum atomic E-state index is 2.67. The molecule has 4 nitrogen and oxygen atoms in total. The molecule has 18 rings (SSSR count). The zero-order chi connectivity index (χ0) is 61.5. The highest BCUT2D eigenvalue weighted by atomic mass is 32.2. The second-order valence-corrected chi connectivity index (χ2v) is 26.6. The third-order valence-electron chi connectivity index (χ3n) is 19.0. The number of benzene rings is 14. The molecule has 0 atom stereocenters. The predicted molar refractivity (Wildman–Crippen MR) is 397 cm³/mol. The first-order chi connectivity index (χ1) is 46.1. The van der Waals surface area contributed by atoms with Crippen molar-refractivity contribution in [3.63, 3.8) is 0 Å². The fraction of sp³-hybridized carbons (Fsp3) is 0.0118. The van der Waals surface area contributed by atoms with Crippen molar-refractivity contribution >= 4 is 138 Å². The molecular weight excluding hydrogens is 1160 g/mol. The van der Waals surface area contributed by atoms with Crippen LogP contribution in [0.25, 0.3) is 33.4 Å². The topological polar surface area (TPSA) is 13.0 Å². The molecule has 4 heterocycles. The lowest BCUT2D eigenvalue weighted by Crippen LogP contribution is -2.64. The molecule has 8 heteroatoms. The van der Waals surface area contributed by atoms with E-state index in [9.17, 15) is 0 Å². The molecule has 0 amide bonds. The quantitative estimate of drug-likeness (QED) is 0.119. The second-order valence-electron chi connectivity index (χ2n) is 24.4. The molecule has 0 unspecified atom stereocenters. The number of hydrogen-bond acceptors (Lipinski definition) is 6. The number of nitrogens with zero attached hydrogens (tertiary/aromatic N) is 4. The Balaban J connectivity index is 0.904. The summed E-state index contributed by atoms with van der Waals surface area (Å²) in [6.07, 6.45) is 0. The first-order valence-corrected chi connectivity index (χ1v) is 33.6. The SMILES string of the molecule is Cc1cccc(-c2ccccc2)c1N1c2cc3c(cc2B2c4ccccc4Sc4cc(N(c5ccccc5)c5ccccc5)cc1c42)B1c2ccccc2N(c2ccccc2)c2cc(N(c4ccc(-c5ccccc5)cc4)c4cccc(-c5ccccc5)c4)cc(c21)S3. The minimum absolute atomic E-state index is 0.0643. The highest BCUT2D eigenvalue weighted by Crippen LogP contribution is 2.52. The summed E-state index contributed by atoms with van der Waals surface area (Å²) < 4.78 is 0. The van der Waals surface area contributed by atoms with Crippen molar-refractivity contribution in [2.24, 2.45) is 0 Å². The molecule has 0 N–H and O–H groups in total. The number of aryl methyl sites for hydroxylation is 1. The molecule has 4 aliphatic heterocycles. The Hall–Kier alpha value is -10.9. The Labute approximate surface area is 552 Å². The highest BCUT2D eigenvalue weighted by Gasteiger charge is 2.47. The van der Waals surface area contributed by atoms with E-state index in [4.69, 9.17) is 0 Å². The Morgan fingerprint density at radius 2 is 0.742 bits per heavy atom. The second kappa shape index (κ2) is 22.8. The van der Waals surface area contributed by atoms with Crippen molar-refractivity contribution < 1.29 is 0 Å². The van der Waals surface area contributed by atoms with Gasteiger partial charge in [0.05, 0.1) is 5.69 Å². The molecule has 0 aliphatic carbocycles. The fourth-order valence-corrected chi connectivity index (χ4v) is 17.4. The molecule has 0 aromatic heterocycles. The molecular formula is C85H58B2N4S2. The van der Waals surface area contributed by atoms with Gasteiger partial charge >= 0.3 is 0 Å². The van der Waals surface area contributed by atoms with Crippen LogP contribution in [0.3, 0.4) is 0 Å². The maximum Gasteiger partial charge on any atom is 0.249 e.